The minimum absolute atomic E-state index is 0. The van der Waals surface area contributed by atoms with Gasteiger partial charge in [-0.05, 0) is 29.7 Å². The quantitative estimate of drug-likeness (QED) is 0.306. The van der Waals surface area contributed by atoms with E-state index in [0.29, 0.717) is 6.04 Å². The Kier molecular flexibility index (Phi) is 10.1. The van der Waals surface area contributed by atoms with E-state index in [-0.39, 0.29) is 24.0 Å². The van der Waals surface area contributed by atoms with Crippen LogP contribution in [0.25, 0.3) is 0 Å². The third kappa shape index (κ3) is 6.97. The fourth-order valence-electron chi connectivity index (χ4n) is 4.44. The van der Waals surface area contributed by atoms with Crippen molar-refractivity contribution < 1.29 is 9.47 Å². The molecule has 2 aliphatic rings. The number of rotatable bonds is 7. The van der Waals surface area contributed by atoms with Gasteiger partial charge >= 0.3 is 0 Å². The molecule has 0 amide bonds. The zero-order chi connectivity index (χ0) is 22.2. The van der Waals surface area contributed by atoms with E-state index in [0.717, 1.165) is 76.3 Å². The van der Waals surface area contributed by atoms with Gasteiger partial charge in [-0.25, -0.2) is 0 Å². The molecule has 0 saturated carbocycles. The van der Waals surface area contributed by atoms with Crippen molar-refractivity contribution in [3.63, 3.8) is 0 Å². The van der Waals surface area contributed by atoms with Crippen LogP contribution >= 0.6 is 24.0 Å². The number of morpholine rings is 1. The maximum atomic E-state index is 5.54. The van der Waals surface area contributed by atoms with E-state index in [4.69, 9.17) is 9.47 Å². The highest BCUT2D eigenvalue weighted by Crippen LogP contribution is 2.30. The number of anilines is 1. The molecule has 8 heteroatoms. The second-order valence-corrected chi connectivity index (χ2v) is 8.33. The van der Waals surface area contributed by atoms with Crippen molar-refractivity contribution in [2.24, 2.45) is 4.99 Å². The van der Waals surface area contributed by atoms with E-state index >= 15 is 0 Å². The number of para-hydroxylation sites is 2. The van der Waals surface area contributed by atoms with Gasteiger partial charge in [0.25, 0.3) is 0 Å². The van der Waals surface area contributed by atoms with Gasteiger partial charge in [-0.1, -0.05) is 36.4 Å². The predicted octanol–water partition coefficient (Wildman–Crippen LogP) is 3.09. The molecule has 7 nitrogen and oxygen atoms in total. The molecule has 0 aromatic heterocycles. The Morgan fingerprint density at radius 3 is 2.55 bits per heavy atom. The normalized spacial score (nSPS) is 19.2. The molecule has 2 heterocycles. The Hall–Kier alpha value is -2.04. The second-order valence-electron chi connectivity index (χ2n) is 8.33. The summed E-state index contributed by atoms with van der Waals surface area (Å²) in [6, 6.07) is 17.2. The van der Waals surface area contributed by atoms with Crippen LogP contribution in [-0.2, 0) is 17.8 Å². The summed E-state index contributed by atoms with van der Waals surface area (Å²) in [7, 11) is 3.56. The highest BCUT2D eigenvalue weighted by atomic mass is 127. The Balaban J connectivity index is 0.00000306. The van der Waals surface area contributed by atoms with Crippen LogP contribution in [0.5, 0.6) is 5.75 Å². The van der Waals surface area contributed by atoms with Gasteiger partial charge in [-0.3, -0.25) is 9.89 Å². The first kappa shape index (κ1) is 25.6. The average molecular weight is 566 g/mol. The van der Waals surface area contributed by atoms with Crippen molar-refractivity contribution >= 4 is 35.6 Å². The molecule has 0 radical (unpaired) electrons. The molecular formula is C25H36IN5O2. The summed E-state index contributed by atoms with van der Waals surface area (Å²) in [5.74, 6) is 1.77. The SMILES string of the molecule is CN=C(NCc1ccccc1CN1CCOCC1)NC1CCN(c2ccccc2OC)C1.I. The standard InChI is InChI=1S/C25H35N5O2.HI/c1-26-25(28-22-11-12-30(19-22)23-9-5-6-10-24(23)31-2)27-17-20-7-3-4-8-21(20)18-29-13-15-32-16-14-29;/h3-10,22H,11-19H2,1-2H3,(H2,26,27,28);1H. The summed E-state index contributed by atoms with van der Waals surface area (Å²) < 4.78 is 11.0. The van der Waals surface area contributed by atoms with Gasteiger partial charge in [0.05, 0.1) is 26.0 Å². The van der Waals surface area contributed by atoms with Crippen LogP contribution in [-0.4, -0.2) is 70.5 Å². The molecule has 1 atom stereocenters. The van der Waals surface area contributed by atoms with Gasteiger partial charge in [-0.2, -0.15) is 0 Å². The Morgan fingerprint density at radius 1 is 1.06 bits per heavy atom. The number of nitrogens with zero attached hydrogens (tertiary/aromatic N) is 3. The Labute approximate surface area is 214 Å². The molecule has 180 valence electrons. The highest BCUT2D eigenvalue weighted by molar-refractivity contribution is 14.0. The number of hydrogen-bond donors (Lipinski definition) is 2. The van der Waals surface area contributed by atoms with E-state index in [1.165, 1.54) is 11.1 Å². The molecule has 0 bridgehead atoms. The van der Waals surface area contributed by atoms with Crippen LogP contribution in [0.4, 0.5) is 5.69 Å². The lowest BCUT2D eigenvalue weighted by Crippen LogP contribution is -2.44. The van der Waals surface area contributed by atoms with Crippen LogP contribution in [0.3, 0.4) is 0 Å². The highest BCUT2D eigenvalue weighted by Gasteiger charge is 2.25. The summed E-state index contributed by atoms with van der Waals surface area (Å²) in [5.41, 5.74) is 3.82. The second kappa shape index (κ2) is 13.0. The zero-order valence-corrected chi connectivity index (χ0v) is 22.0. The molecule has 2 aromatic rings. The van der Waals surface area contributed by atoms with Crippen molar-refractivity contribution in [2.75, 3.05) is 58.5 Å². The minimum atomic E-state index is 0. The first-order valence-corrected chi connectivity index (χ1v) is 11.5. The van der Waals surface area contributed by atoms with Crippen molar-refractivity contribution in [3.05, 3.63) is 59.7 Å². The Morgan fingerprint density at radius 2 is 1.79 bits per heavy atom. The van der Waals surface area contributed by atoms with E-state index in [1.54, 1.807) is 7.11 Å². The number of guanidine groups is 1. The monoisotopic (exact) mass is 565 g/mol. The van der Waals surface area contributed by atoms with Crippen molar-refractivity contribution in [2.45, 2.75) is 25.6 Å². The maximum absolute atomic E-state index is 5.54. The Bertz CT molecular complexity index is 904. The fraction of sp³-hybridized carbons (Fsp3) is 0.480. The van der Waals surface area contributed by atoms with Gasteiger partial charge < -0.3 is 25.0 Å². The van der Waals surface area contributed by atoms with Crippen molar-refractivity contribution in [1.82, 2.24) is 15.5 Å². The summed E-state index contributed by atoms with van der Waals surface area (Å²) in [5, 5.41) is 7.12. The van der Waals surface area contributed by atoms with Crippen LogP contribution in [0.1, 0.15) is 17.5 Å². The molecule has 0 spiro atoms. The molecule has 2 aromatic carbocycles. The lowest BCUT2D eigenvalue weighted by atomic mass is 10.1. The number of methoxy groups -OCH3 is 1. The topological polar surface area (TPSA) is 61.4 Å². The largest absolute Gasteiger partial charge is 0.495 e. The lowest BCUT2D eigenvalue weighted by Gasteiger charge is -2.27. The van der Waals surface area contributed by atoms with Crippen LogP contribution in [0.15, 0.2) is 53.5 Å². The van der Waals surface area contributed by atoms with E-state index in [1.807, 2.05) is 19.2 Å². The zero-order valence-electron chi connectivity index (χ0n) is 19.6. The average Bonchev–Trinajstić information content (AvgIpc) is 3.31. The number of nitrogens with one attached hydrogen (secondary N) is 2. The molecule has 1 unspecified atom stereocenters. The first-order chi connectivity index (χ1) is 15.8. The molecule has 2 aliphatic heterocycles. The number of benzene rings is 2. The van der Waals surface area contributed by atoms with Crippen LogP contribution < -0.4 is 20.3 Å². The summed E-state index contributed by atoms with van der Waals surface area (Å²) >= 11 is 0. The maximum Gasteiger partial charge on any atom is 0.191 e. The van der Waals surface area contributed by atoms with Gasteiger partial charge in [0.2, 0.25) is 0 Å². The summed E-state index contributed by atoms with van der Waals surface area (Å²) in [6.07, 6.45) is 1.06. The third-order valence-corrected chi connectivity index (χ3v) is 6.24. The van der Waals surface area contributed by atoms with E-state index in [9.17, 15) is 0 Å². The summed E-state index contributed by atoms with van der Waals surface area (Å²) in [4.78, 5) is 9.30. The first-order valence-electron chi connectivity index (χ1n) is 11.5. The minimum Gasteiger partial charge on any atom is -0.495 e. The molecule has 33 heavy (non-hydrogen) atoms. The van der Waals surface area contributed by atoms with E-state index < -0.39 is 0 Å². The smallest absolute Gasteiger partial charge is 0.191 e. The third-order valence-electron chi connectivity index (χ3n) is 6.24. The fourth-order valence-corrected chi connectivity index (χ4v) is 4.44. The molecular weight excluding hydrogens is 529 g/mol. The van der Waals surface area contributed by atoms with Crippen molar-refractivity contribution in [3.8, 4) is 5.75 Å². The number of aliphatic imine (C=N–C) groups is 1. The van der Waals surface area contributed by atoms with Gasteiger partial charge in [0, 0.05) is 52.4 Å². The van der Waals surface area contributed by atoms with E-state index in [2.05, 4.69) is 61.8 Å². The van der Waals surface area contributed by atoms with Gasteiger partial charge in [-0.15, -0.1) is 24.0 Å². The molecule has 2 fully saturated rings. The van der Waals surface area contributed by atoms with Gasteiger partial charge in [0.15, 0.2) is 5.96 Å². The molecule has 0 aliphatic carbocycles. The predicted molar refractivity (Wildman–Crippen MR) is 145 cm³/mol. The number of hydrogen-bond acceptors (Lipinski definition) is 5. The number of halogens is 1. The molecule has 2 saturated heterocycles. The molecule has 2 N–H and O–H groups in total. The van der Waals surface area contributed by atoms with Crippen molar-refractivity contribution in [1.29, 1.82) is 0 Å². The van der Waals surface area contributed by atoms with Crippen LogP contribution in [0, 0.1) is 0 Å². The molecule has 4 rings (SSSR count). The number of ether oxygens (including phenoxy) is 2. The lowest BCUT2D eigenvalue weighted by molar-refractivity contribution is 0.0341. The van der Waals surface area contributed by atoms with Crippen LogP contribution in [0.2, 0.25) is 0 Å². The van der Waals surface area contributed by atoms with Gasteiger partial charge in [0.1, 0.15) is 5.75 Å². The summed E-state index contributed by atoms with van der Waals surface area (Å²) in [6.45, 7) is 7.28.